The summed E-state index contributed by atoms with van der Waals surface area (Å²) in [5.74, 6) is -1.20. The third kappa shape index (κ3) is 8.49. The molecular weight excluding hydrogens is 537 g/mol. The molecule has 0 spiro atoms. The SMILES string of the molecule is CC(C)(C)C[C@H](NC(=O)c1cc2ccccc2s1)C(=O)NCCCCNS(=O)(=O)c1ccc(F)cc1Cl. The monoisotopic (exact) mass is 567 g/mol. The van der Waals surface area contributed by atoms with E-state index in [4.69, 9.17) is 11.6 Å². The highest BCUT2D eigenvalue weighted by molar-refractivity contribution is 7.89. The molecule has 11 heteroatoms. The van der Waals surface area contributed by atoms with E-state index >= 15 is 0 Å². The molecule has 0 aliphatic carbocycles. The number of hydrogen-bond acceptors (Lipinski definition) is 5. The average Bonchev–Trinajstić information content (AvgIpc) is 3.24. The summed E-state index contributed by atoms with van der Waals surface area (Å²) in [6.45, 7) is 6.44. The predicted molar refractivity (Wildman–Crippen MR) is 146 cm³/mol. The maximum atomic E-state index is 13.2. The second-order valence-electron chi connectivity index (χ2n) is 9.91. The number of sulfonamides is 1. The van der Waals surface area contributed by atoms with E-state index in [1.54, 1.807) is 0 Å². The molecule has 2 amide bonds. The number of thiophene rings is 1. The van der Waals surface area contributed by atoms with E-state index < -0.39 is 21.9 Å². The van der Waals surface area contributed by atoms with Gasteiger partial charge in [-0.15, -0.1) is 11.3 Å². The number of halogens is 2. The summed E-state index contributed by atoms with van der Waals surface area (Å²) in [6.07, 6.45) is 1.42. The van der Waals surface area contributed by atoms with Gasteiger partial charge in [0.05, 0.1) is 9.90 Å². The Labute approximate surface area is 225 Å². The zero-order valence-corrected chi connectivity index (χ0v) is 23.3. The third-order valence-corrected chi connectivity index (χ3v) is 8.52. The van der Waals surface area contributed by atoms with Crippen LogP contribution in [0.3, 0.4) is 0 Å². The summed E-state index contributed by atoms with van der Waals surface area (Å²) in [5.41, 5.74) is -0.199. The zero-order valence-electron chi connectivity index (χ0n) is 20.9. The van der Waals surface area contributed by atoms with E-state index in [9.17, 15) is 22.4 Å². The van der Waals surface area contributed by atoms with Crippen LogP contribution in [0.25, 0.3) is 10.1 Å². The van der Waals surface area contributed by atoms with Gasteiger partial charge in [0.2, 0.25) is 15.9 Å². The Kier molecular flexibility index (Phi) is 9.68. The number of nitrogens with one attached hydrogen (secondary N) is 3. The molecule has 0 saturated heterocycles. The van der Waals surface area contributed by atoms with Crippen molar-refractivity contribution in [1.29, 1.82) is 0 Å². The first-order valence-corrected chi connectivity index (χ1v) is 14.6. The summed E-state index contributed by atoms with van der Waals surface area (Å²) in [4.78, 5) is 26.2. The number of carbonyl (C=O) groups excluding carboxylic acids is 2. The number of fused-ring (bicyclic) bond motifs is 1. The van der Waals surface area contributed by atoms with Crippen LogP contribution in [0.2, 0.25) is 5.02 Å². The molecule has 3 N–H and O–H groups in total. The normalized spacial score (nSPS) is 12.9. The summed E-state index contributed by atoms with van der Waals surface area (Å²) in [7, 11) is -3.88. The molecule has 1 atom stereocenters. The minimum atomic E-state index is -3.88. The highest BCUT2D eigenvalue weighted by Gasteiger charge is 2.27. The van der Waals surface area contributed by atoms with Crippen LogP contribution >= 0.6 is 22.9 Å². The number of rotatable bonds is 11. The average molecular weight is 568 g/mol. The first-order valence-electron chi connectivity index (χ1n) is 11.9. The van der Waals surface area contributed by atoms with Crippen LogP contribution < -0.4 is 15.4 Å². The van der Waals surface area contributed by atoms with Gasteiger partial charge in [0.1, 0.15) is 16.8 Å². The number of benzene rings is 2. The van der Waals surface area contributed by atoms with E-state index in [0.29, 0.717) is 30.7 Å². The van der Waals surface area contributed by atoms with Gasteiger partial charge < -0.3 is 10.6 Å². The number of hydrogen-bond donors (Lipinski definition) is 3. The molecule has 3 rings (SSSR count). The summed E-state index contributed by atoms with van der Waals surface area (Å²) in [5, 5.41) is 6.51. The van der Waals surface area contributed by atoms with Crippen LogP contribution in [0.4, 0.5) is 4.39 Å². The van der Waals surface area contributed by atoms with Crippen molar-refractivity contribution < 1.29 is 22.4 Å². The molecule has 1 heterocycles. The van der Waals surface area contributed by atoms with Crippen LogP contribution in [0.1, 0.15) is 49.7 Å². The van der Waals surface area contributed by atoms with Crippen molar-refractivity contribution >= 4 is 54.9 Å². The van der Waals surface area contributed by atoms with Crippen molar-refractivity contribution in [3.63, 3.8) is 0 Å². The van der Waals surface area contributed by atoms with Gasteiger partial charge in [0.15, 0.2) is 0 Å². The highest BCUT2D eigenvalue weighted by atomic mass is 35.5. The van der Waals surface area contributed by atoms with Gasteiger partial charge >= 0.3 is 0 Å². The molecule has 0 aliphatic rings. The highest BCUT2D eigenvalue weighted by Crippen LogP contribution is 2.26. The summed E-state index contributed by atoms with van der Waals surface area (Å²) >= 11 is 7.23. The molecule has 2 aromatic carbocycles. The van der Waals surface area contributed by atoms with Gasteiger partial charge in [-0.25, -0.2) is 17.5 Å². The van der Waals surface area contributed by atoms with Crippen molar-refractivity contribution in [2.45, 2.75) is 51.0 Å². The number of unbranched alkanes of at least 4 members (excludes halogenated alkanes) is 1. The van der Waals surface area contributed by atoms with Gasteiger partial charge in [-0.1, -0.05) is 50.6 Å². The molecule has 0 fully saturated rings. The smallest absolute Gasteiger partial charge is 0.262 e. The molecule has 0 radical (unpaired) electrons. The Morgan fingerprint density at radius 3 is 2.43 bits per heavy atom. The fourth-order valence-electron chi connectivity index (χ4n) is 3.71. The van der Waals surface area contributed by atoms with E-state index in [0.717, 1.165) is 28.3 Å². The molecule has 7 nitrogen and oxygen atoms in total. The fourth-order valence-corrected chi connectivity index (χ4v) is 6.28. The van der Waals surface area contributed by atoms with Gasteiger partial charge in [0, 0.05) is 17.8 Å². The lowest BCUT2D eigenvalue weighted by molar-refractivity contribution is -0.123. The minimum absolute atomic E-state index is 0.125. The van der Waals surface area contributed by atoms with E-state index in [-0.39, 0.29) is 33.7 Å². The third-order valence-electron chi connectivity index (χ3n) is 5.47. The second-order valence-corrected chi connectivity index (χ2v) is 13.1. The summed E-state index contributed by atoms with van der Waals surface area (Å²) < 4.78 is 41.4. The van der Waals surface area contributed by atoms with Crippen molar-refractivity contribution in [2.75, 3.05) is 13.1 Å². The van der Waals surface area contributed by atoms with Gasteiger partial charge in [-0.2, -0.15) is 0 Å². The Morgan fingerprint density at radius 1 is 1.05 bits per heavy atom. The van der Waals surface area contributed by atoms with Gasteiger partial charge in [0.25, 0.3) is 5.91 Å². The fraction of sp³-hybridized carbons (Fsp3) is 0.385. The lowest BCUT2D eigenvalue weighted by Crippen LogP contribution is -2.48. The van der Waals surface area contributed by atoms with Crippen LogP contribution in [0.5, 0.6) is 0 Å². The standard InChI is InChI=1S/C26H31ClFN3O4S2/c1-26(2,3)16-20(31-25(33)22-14-17-8-4-5-9-21(17)36-22)24(32)29-12-6-7-13-30-37(34,35)23-11-10-18(28)15-19(23)27/h4-5,8-11,14-15,20,30H,6-7,12-13,16H2,1-3H3,(H,29,32)(H,31,33)/t20-/m0/s1. The lowest BCUT2D eigenvalue weighted by atomic mass is 9.87. The van der Waals surface area contributed by atoms with Crippen LogP contribution in [0, 0.1) is 11.2 Å². The minimum Gasteiger partial charge on any atom is -0.354 e. The molecule has 0 saturated carbocycles. The molecule has 37 heavy (non-hydrogen) atoms. The van der Waals surface area contributed by atoms with Crippen molar-refractivity contribution in [3.8, 4) is 0 Å². The van der Waals surface area contributed by atoms with Crippen LogP contribution in [-0.2, 0) is 14.8 Å². The summed E-state index contributed by atoms with van der Waals surface area (Å²) in [6, 6.07) is 11.9. The predicted octanol–water partition coefficient (Wildman–Crippen LogP) is 5.10. The number of amides is 2. The van der Waals surface area contributed by atoms with Gasteiger partial charge in [-0.05, 0) is 60.4 Å². The lowest BCUT2D eigenvalue weighted by Gasteiger charge is -2.26. The first-order chi connectivity index (χ1) is 17.4. The Balaban J connectivity index is 1.50. The maximum absolute atomic E-state index is 13.2. The van der Waals surface area contributed by atoms with E-state index in [2.05, 4.69) is 15.4 Å². The topological polar surface area (TPSA) is 104 Å². The molecule has 0 unspecified atom stereocenters. The van der Waals surface area contributed by atoms with E-state index in [1.165, 1.54) is 11.3 Å². The van der Waals surface area contributed by atoms with Crippen molar-refractivity contribution in [3.05, 3.63) is 64.2 Å². The molecule has 0 bridgehead atoms. The van der Waals surface area contributed by atoms with Crippen molar-refractivity contribution in [1.82, 2.24) is 15.4 Å². The second kappa shape index (κ2) is 12.3. The molecular formula is C26H31ClFN3O4S2. The Morgan fingerprint density at radius 2 is 1.76 bits per heavy atom. The van der Waals surface area contributed by atoms with E-state index in [1.807, 2.05) is 51.1 Å². The Hall–Kier alpha value is -2.53. The quantitative estimate of drug-likeness (QED) is 0.280. The molecule has 1 aromatic heterocycles. The number of carbonyl (C=O) groups is 2. The molecule has 200 valence electrons. The van der Waals surface area contributed by atoms with Gasteiger partial charge in [-0.3, -0.25) is 9.59 Å². The van der Waals surface area contributed by atoms with Crippen molar-refractivity contribution in [2.24, 2.45) is 5.41 Å². The first kappa shape index (κ1) is 29.0. The zero-order chi connectivity index (χ0) is 27.2. The largest absolute Gasteiger partial charge is 0.354 e. The van der Waals surface area contributed by atoms with Crippen LogP contribution in [0.15, 0.2) is 53.4 Å². The molecule has 3 aromatic rings. The maximum Gasteiger partial charge on any atom is 0.262 e. The van der Waals surface area contributed by atoms with Crippen LogP contribution in [-0.4, -0.2) is 39.4 Å². The Bertz CT molecular complexity index is 1340. The molecule has 0 aliphatic heterocycles.